The number of hydrogen-bond acceptors (Lipinski definition) is 2. The fraction of sp³-hybridized carbons (Fsp3) is 1.00. The molecule has 0 aromatic rings. The van der Waals surface area contributed by atoms with Gasteiger partial charge in [0.25, 0.3) is 0 Å². The molecular formula is C18H40N2. The first kappa shape index (κ1) is 19.9. The average molecular weight is 285 g/mol. The molecule has 0 amide bonds. The van der Waals surface area contributed by atoms with Crippen molar-refractivity contribution in [3.63, 3.8) is 0 Å². The molecule has 0 aliphatic carbocycles. The molecule has 20 heavy (non-hydrogen) atoms. The molecule has 0 N–H and O–H groups in total. The molecule has 2 aliphatic rings. The summed E-state index contributed by atoms with van der Waals surface area (Å²) in [6, 6.07) is 0.769. The standard InChI is InChI=1S/C8H17N.C6H13N.C4H10/c1-8(2)9-6-4-3-5-7-9;1-7-5-3-2-4-6-7;1-4(2)3/h8H,3-7H2,1-2H3;2-6H2,1H3;4H,1-3H3. The van der Waals surface area contributed by atoms with E-state index in [0.29, 0.717) is 0 Å². The maximum Gasteiger partial charge on any atom is 0.00385 e. The van der Waals surface area contributed by atoms with E-state index in [1.165, 1.54) is 64.7 Å². The van der Waals surface area contributed by atoms with Crippen LogP contribution in [0.25, 0.3) is 0 Å². The summed E-state index contributed by atoms with van der Waals surface area (Å²) in [5, 5.41) is 0. The topological polar surface area (TPSA) is 6.48 Å². The molecule has 0 atom stereocenters. The lowest BCUT2D eigenvalue weighted by molar-refractivity contribution is 0.185. The van der Waals surface area contributed by atoms with Crippen LogP contribution in [0, 0.1) is 5.92 Å². The van der Waals surface area contributed by atoms with Gasteiger partial charge in [-0.15, -0.1) is 0 Å². The molecular weight excluding hydrogens is 244 g/mol. The van der Waals surface area contributed by atoms with Crippen molar-refractivity contribution in [3.05, 3.63) is 0 Å². The van der Waals surface area contributed by atoms with Crippen LogP contribution in [0.15, 0.2) is 0 Å². The molecule has 2 aliphatic heterocycles. The Balaban J connectivity index is 0.000000293. The Morgan fingerprint density at radius 3 is 1.15 bits per heavy atom. The van der Waals surface area contributed by atoms with Crippen molar-refractivity contribution in [2.45, 2.75) is 79.2 Å². The Hall–Kier alpha value is -0.0800. The average Bonchev–Trinajstić information content (AvgIpc) is 2.41. The van der Waals surface area contributed by atoms with Crippen LogP contribution in [0.5, 0.6) is 0 Å². The van der Waals surface area contributed by atoms with Crippen molar-refractivity contribution in [2.75, 3.05) is 33.2 Å². The quantitative estimate of drug-likeness (QED) is 0.692. The van der Waals surface area contributed by atoms with Gasteiger partial charge in [0.05, 0.1) is 0 Å². The van der Waals surface area contributed by atoms with Crippen molar-refractivity contribution in [1.82, 2.24) is 9.80 Å². The zero-order valence-electron chi connectivity index (χ0n) is 15.1. The molecule has 0 unspecified atom stereocenters. The molecule has 0 aromatic carbocycles. The number of hydrogen-bond donors (Lipinski definition) is 0. The Bertz CT molecular complexity index is 187. The van der Waals surface area contributed by atoms with Crippen molar-refractivity contribution in [1.29, 1.82) is 0 Å². The second kappa shape index (κ2) is 12.6. The highest BCUT2D eigenvalue weighted by Gasteiger charge is 2.11. The van der Waals surface area contributed by atoms with Crippen LogP contribution >= 0.6 is 0 Å². The molecule has 2 saturated heterocycles. The summed E-state index contributed by atoms with van der Waals surface area (Å²) in [6.07, 6.45) is 8.55. The van der Waals surface area contributed by atoms with Crippen LogP contribution in [0.2, 0.25) is 0 Å². The third kappa shape index (κ3) is 12.9. The predicted molar refractivity (Wildman–Crippen MR) is 92.4 cm³/mol. The first-order chi connectivity index (χ1) is 9.43. The van der Waals surface area contributed by atoms with Gasteiger partial charge in [0, 0.05) is 6.04 Å². The number of nitrogens with zero attached hydrogens (tertiary/aromatic N) is 2. The highest BCUT2D eigenvalue weighted by Crippen LogP contribution is 2.10. The van der Waals surface area contributed by atoms with E-state index in [1.54, 1.807) is 0 Å². The van der Waals surface area contributed by atoms with Crippen molar-refractivity contribution in [3.8, 4) is 0 Å². The second-order valence-corrected chi connectivity index (χ2v) is 7.29. The van der Waals surface area contributed by atoms with Gasteiger partial charge in [0.15, 0.2) is 0 Å². The second-order valence-electron chi connectivity index (χ2n) is 7.29. The van der Waals surface area contributed by atoms with Crippen LogP contribution in [0.3, 0.4) is 0 Å². The minimum atomic E-state index is 0.769. The highest BCUT2D eigenvalue weighted by atomic mass is 15.1. The van der Waals surface area contributed by atoms with Gasteiger partial charge in [-0.2, -0.15) is 0 Å². The van der Waals surface area contributed by atoms with Gasteiger partial charge in [0.1, 0.15) is 0 Å². The molecule has 0 spiro atoms. The molecule has 122 valence electrons. The summed E-state index contributed by atoms with van der Waals surface area (Å²) < 4.78 is 0. The molecule has 0 saturated carbocycles. The van der Waals surface area contributed by atoms with Crippen LogP contribution in [-0.2, 0) is 0 Å². The fourth-order valence-electron chi connectivity index (χ4n) is 2.49. The first-order valence-corrected chi connectivity index (χ1v) is 8.86. The molecule has 2 heteroatoms. The lowest BCUT2D eigenvalue weighted by Gasteiger charge is -2.29. The summed E-state index contributed by atoms with van der Waals surface area (Å²) in [7, 11) is 2.19. The lowest BCUT2D eigenvalue weighted by atomic mass is 10.1. The van der Waals surface area contributed by atoms with E-state index < -0.39 is 0 Å². The summed E-state index contributed by atoms with van der Waals surface area (Å²) in [4.78, 5) is 4.95. The zero-order valence-corrected chi connectivity index (χ0v) is 15.1. The van der Waals surface area contributed by atoms with Gasteiger partial charge < -0.3 is 9.80 Å². The number of likely N-dealkylation sites (tertiary alicyclic amines) is 2. The largest absolute Gasteiger partial charge is 0.306 e. The van der Waals surface area contributed by atoms with Crippen LogP contribution < -0.4 is 0 Å². The number of rotatable bonds is 1. The maximum absolute atomic E-state index is 2.56. The van der Waals surface area contributed by atoms with Crippen molar-refractivity contribution >= 4 is 0 Å². The molecule has 0 aromatic heterocycles. The van der Waals surface area contributed by atoms with Gasteiger partial charge in [-0.3, -0.25) is 0 Å². The van der Waals surface area contributed by atoms with Gasteiger partial charge >= 0.3 is 0 Å². The highest BCUT2D eigenvalue weighted by molar-refractivity contribution is 4.67. The minimum Gasteiger partial charge on any atom is -0.306 e. The van der Waals surface area contributed by atoms with Crippen molar-refractivity contribution in [2.24, 2.45) is 5.92 Å². The smallest absolute Gasteiger partial charge is 0.00385 e. The molecule has 2 fully saturated rings. The van der Waals surface area contributed by atoms with Gasteiger partial charge in [-0.1, -0.05) is 33.6 Å². The van der Waals surface area contributed by atoms with E-state index in [0.717, 1.165) is 12.0 Å². The Kier molecular flexibility index (Phi) is 12.6. The van der Waals surface area contributed by atoms with E-state index in [9.17, 15) is 0 Å². The lowest BCUT2D eigenvalue weighted by Crippen LogP contribution is -2.35. The zero-order chi connectivity index (χ0) is 15.4. The van der Waals surface area contributed by atoms with Crippen LogP contribution in [0.4, 0.5) is 0 Å². The van der Waals surface area contributed by atoms with E-state index in [-0.39, 0.29) is 0 Å². The summed E-state index contributed by atoms with van der Waals surface area (Å²) >= 11 is 0. The summed E-state index contributed by atoms with van der Waals surface area (Å²) in [5.74, 6) is 0.833. The monoisotopic (exact) mass is 284 g/mol. The Morgan fingerprint density at radius 2 is 0.950 bits per heavy atom. The Labute approximate surface area is 128 Å². The summed E-state index contributed by atoms with van der Waals surface area (Å²) in [5.41, 5.74) is 0. The van der Waals surface area contributed by atoms with E-state index in [2.05, 4.69) is 51.5 Å². The molecule has 0 bridgehead atoms. The minimum absolute atomic E-state index is 0.769. The van der Waals surface area contributed by atoms with Gasteiger partial charge in [0.2, 0.25) is 0 Å². The fourth-order valence-corrected chi connectivity index (χ4v) is 2.49. The van der Waals surface area contributed by atoms with Gasteiger partial charge in [-0.25, -0.2) is 0 Å². The van der Waals surface area contributed by atoms with E-state index in [1.807, 2.05) is 0 Å². The van der Waals surface area contributed by atoms with E-state index in [4.69, 9.17) is 0 Å². The normalized spacial score (nSPS) is 21.0. The Morgan fingerprint density at radius 1 is 0.600 bits per heavy atom. The SMILES string of the molecule is CC(C)C.CC(C)N1CCCCC1.CN1CCCCC1. The van der Waals surface area contributed by atoms with Crippen molar-refractivity contribution < 1.29 is 0 Å². The van der Waals surface area contributed by atoms with E-state index >= 15 is 0 Å². The predicted octanol–water partition coefficient (Wildman–Crippen LogP) is 4.65. The molecule has 0 radical (unpaired) electrons. The summed E-state index contributed by atoms with van der Waals surface area (Å²) in [6.45, 7) is 16.4. The van der Waals surface area contributed by atoms with Crippen LogP contribution in [0.1, 0.15) is 73.1 Å². The number of piperidine rings is 2. The maximum atomic E-state index is 2.56. The third-order valence-electron chi connectivity index (χ3n) is 3.70. The van der Waals surface area contributed by atoms with Gasteiger partial charge in [-0.05, 0) is 78.7 Å². The first-order valence-electron chi connectivity index (χ1n) is 8.86. The third-order valence-corrected chi connectivity index (χ3v) is 3.70. The van der Waals surface area contributed by atoms with Crippen LogP contribution in [-0.4, -0.2) is 49.1 Å². The molecule has 2 rings (SSSR count). The molecule has 2 heterocycles. The molecule has 2 nitrogen and oxygen atoms in total.